The molecular formula is C16H24FN. The van der Waals surface area contributed by atoms with Gasteiger partial charge in [0.05, 0.1) is 0 Å². The molecule has 0 aromatic heterocycles. The van der Waals surface area contributed by atoms with Gasteiger partial charge in [0.1, 0.15) is 5.82 Å². The van der Waals surface area contributed by atoms with Gasteiger partial charge in [0.25, 0.3) is 0 Å². The van der Waals surface area contributed by atoms with Crippen molar-refractivity contribution in [2.45, 2.75) is 57.9 Å². The molecule has 3 unspecified atom stereocenters. The van der Waals surface area contributed by atoms with E-state index in [0.717, 1.165) is 29.9 Å². The highest BCUT2D eigenvalue weighted by Gasteiger charge is 2.29. The second-order valence-corrected chi connectivity index (χ2v) is 5.80. The maximum Gasteiger partial charge on any atom is 0.123 e. The van der Waals surface area contributed by atoms with Crippen LogP contribution in [0.15, 0.2) is 18.2 Å². The van der Waals surface area contributed by atoms with Gasteiger partial charge < -0.3 is 5.73 Å². The Kier molecular flexibility index (Phi) is 4.39. The monoisotopic (exact) mass is 249 g/mol. The van der Waals surface area contributed by atoms with Crippen molar-refractivity contribution in [2.75, 3.05) is 0 Å². The summed E-state index contributed by atoms with van der Waals surface area (Å²) in [5.41, 5.74) is 8.34. The van der Waals surface area contributed by atoms with E-state index in [1.165, 1.54) is 19.3 Å². The summed E-state index contributed by atoms with van der Waals surface area (Å²) in [5.74, 6) is 0.975. The van der Waals surface area contributed by atoms with Crippen molar-refractivity contribution in [3.63, 3.8) is 0 Å². The van der Waals surface area contributed by atoms with Gasteiger partial charge in [0.15, 0.2) is 0 Å². The van der Waals surface area contributed by atoms with Crippen LogP contribution in [0.2, 0.25) is 0 Å². The number of hydrogen-bond acceptors (Lipinski definition) is 1. The summed E-state index contributed by atoms with van der Waals surface area (Å²) < 4.78 is 13.5. The Balaban J connectivity index is 2.18. The molecule has 0 radical (unpaired) electrons. The molecule has 0 amide bonds. The Morgan fingerprint density at radius 3 is 2.72 bits per heavy atom. The number of rotatable bonds is 3. The van der Waals surface area contributed by atoms with Gasteiger partial charge in [-0.15, -0.1) is 0 Å². The molecule has 18 heavy (non-hydrogen) atoms. The maximum absolute atomic E-state index is 13.5. The van der Waals surface area contributed by atoms with Crippen LogP contribution in [0, 0.1) is 18.7 Å². The molecule has 2 N–H and O–H groups in total. The smallest absolute Gasteiger partial charge is 0.123 e. The van der Waals surface area contributed by atoms with Crippen molar-refractivity contribution < 1.29 is 4.39 Å². The third kappa shape index (κ3) is 3.11. The van der Waals surface area contributed by atoms with E-state index in [0.29, 0.717) is 5.92 Å². The second kappa shape index (κ2) is 5.83. The number of benzene rings is 1. The van der Waals surface area contributed by atoms with E-state index in [-0.39, 0.29) is 11.9 Å². The molecule has 0 aliphatic heterocycles. The Labute approximate surface area is 110 Å². The van der Waals surface area contributed by atoms with Gasteiger partial charge in [-0.1, -0.05) is 25.8 Å². The van der Waals surface area contributed by atoms with Crippen molar-refractivity contribution in [3.05, 3.63) is 35.1 Å². The number of halogens is 1. The average Bonchev–Trinajstić information content (AvgIpc) is 2.30. The van der Waals surface area contributed by atoms with E-state index in [4.69, 9.17) is 5.73 Å². The summed E-state index contributed by atoms with van der Waals surface area (Å²) in [6.45, 7) is 4.18. The molecule has 0 bridgehead atoms. The minimum absolute atomic E-state index is 0.130. The van der Waals surface area contributed by atoms with Gasteiger partial charge in [-0.05, 0) is 61.3 Å². The fraction of sp³-hybridized carbons (Fsp3) is 0.625. The topological polar surface area (TPSA) is 26.0 Å². The summed E-state index contributed by atoms with van der Waals surface area (Å²) in [7, 11) is 0. The number of nitrogens with two attached hydrogens (primary N) is 1. The fourth-order valence-electron chi connectivity index (χ4n) is 3.31. The van der Waals surface area contributed by atoms with Crippen LogP contribution in [-0.2, 0) is 0 Å². The summed E-state index contributed by atoms with van der Waals surface area (Å²) in [4.78, 5) is 0. The number of aryl methyl sites for hydroxylation is 1. The zero-order valence-corrected chi connectivity index (χ0v) is 11.5. The molecule has 1 aliphatic carbocycles. The van der Waals surface area contributed by atoms with E-state index in [2.05, 4.69) is 13.0 Å². The quantitative estimate of drug-likeness (QED) is 0.855. The van der Waals surface area contributed by atoms with Crippen LogP contribution in [0.3, 0.4) is 0 Å². The van der Waals surface area contributed by atoms with Gasteiger partial charge in [0, 0.05) is 6.04 Å². The molecule has 100 valence electrons. The molecule has 1 fully saturated rings. The molecule has 2 heteroatoms. The molecule has 1 aromatic carbocycles. The van der Waals surface area contributed by atoms with E-state index in [1.54, 1.807) is 12.1 Å². The van der Waals surface area contributed by atoms with Gasteiger partial charge in [0.2, 0.25) is 0 Å². The molecule has 0 spiro atoms. The lowest BCUT2D eigenvalue weighted by molar-refractivity contribution is 0.274. The van der Waals surface area contributed by atoms with Crippen LogP contribution >= 0.6 is 0 Å². The van der Waals surface area contributed by atoms with E-state index in [9.17, 15) is 4.39 Å². The lowest BCUT2D eigenvalue weighted by Gasteiger charge is -2.34. The summed E-state index contributed by atoms with van der Waals surface area (Å²) >= 11 is 0. The lowest BCUT2D eigenvalue weighted by atomic mass is 9.73. The standard InChI is InChI=1S/C16H24FN/c1-3-4-12-5-6-16(18)15(9-12)13-7-11(2)8-14(17)10-13/h7-8,10,12,15-16H,3-6,9,18H2,1-2H3. The zero-order chi connectivity index (χ0) is 13.1. The normalized spacial score (nSPS) is 28.3. The van der Waals surface area contributed by atoms with Crippen molar-refractivity contribution in [3.8, 4) is 0 Å². The Hall–Kier alpha value is -0.890. The minimum atomic E-state index is -0.130. The van der Waals surface area contributed by atoms with E-state index >= 15 is 0 Å². The molecule has 0 saturated heterocycles. The first kappa shape index (κ1) is 13.5. The third-order valence-electron chi connectivity index (χ3n) is 4.20. The first-order chi connectivity index (χ1) is 8.60. The van der Waals surface area contributed by atoms with Crippen molar-refractivity contribution >= 4 is 0 Å². The molecule has 0 heterocycles. The highest BCUT2D eigenvalue weighted by Crippen LogP contribution is 2.37. The molecule has 1 aliphatic rings. The van der Waals surface area contributed by atoms with Crippen molar-refractivity contribution in [1.29, 1.82) is 0 Å². The largest absolute Gasteiger partial charge is 0.327 e. The SMILES string of the molecule is CCCC1CCC(N)C(c2cc(C)cc(F)c2)C1. The Morgan fingerprint density at radius 1 is 1.28 bits per heavy atom. The third-order valence-corrected chi connectivity index (χ3v) is 4.20. The first-order valence-electron chi connectivity index (χ1n) is 7.12. The Bertz CT molecular complexity index is 382. The van der Waals surface area contributed by atoms with Crippen molar-refractivity contribution in [2.24, 2.45) is 11.7 Å². The van der Waals surface area contributed by atoms with Gasteiger partial charge in [-0.25, -0.2) is 4.39 Å². The lowest BCUT2D eigenvalue weighted by Crippen LogP contribution is -2.34. The molecule has 1 nitrogen and oxygen atoms in total. The predicted molar refractivity (Wildman–Crippen MR) is 74.1 cm³/mol. The second-order valence-electron chi connectivity index (χ2n) is 5.80. The molecular weight excluding hydrogens is 225 g/mol. The molecule has 3 atom stereocenters. The van der Waals surface area contributed by atoms with Crippen molar-refractivity contribution in [1.82, 2.24) is 0 Å². The van der Waals surface area contributed by atoms with Gasteiger partial charge in [-0.2, -0.15) is 0 Å². The predicted octanol–water partition coefficient (Wildman–Crippen LogP) is 4.15. The summed E-state index contributed by atoms with van der Waals surface area (Å²) in [5, 5.41) is 0. The van der Waals surface area contributed by atoms with E-state index in [1.807, 2.05) is 6.92 Å². The van der Waals surface area contributed by atoms with Crippen LogP contribution in [0.5, 0.6) is 0 Å². The molecule has 1 aromatic rings. The maximum atomic E-state index is 13.5. The highest BCUT2D eigenvalue weighted by atomic mass is 19.1. The first-order valence-corrected chi connectivity index (χ1v) is 7.12. The van der Waals surface area contributed by atoms with Gasteiger partial charge in [-0.3, -0.25) is 0 Å². The zero-order valence-electron chi connectivity index (χ0n) is 11.5. The van der Waals surface area contributed by atoms with Crippen LogP contribution in [-0.4, -0.2) is 6.04 Å². The highest BCUT2D eigenvalue weighted by molar-refractivity contribution is 5.28. The molecule has 2 rings (SSSR count). The van der Waals surface area contributed by atoms with Gasteiger partial charge >= 0.3 is 0 Å². The van der Waals surface area contributed by atoms with Crippen LogP contribution in [0.1, 0.15) is 56.1 Å². The summed E-state index contributed by atoms with van der Waals surface area (Å²) in [6, 6.07) is 5.55. The molecule has 1 saturated carbocycles. The Morgan fingerprint density at radius 2 is 2.06 bits per heavy atom. The summed E-state index contributed by atoms with van der Waals surface area (Å²) in [6.07, 6.45) is 5.94. The minimum Gasteiger partial charge on any atom is -0.327 e. The average molecular weight is 249 g/mol. The van der Waals surface area contributed by atoms with Crippen LogP contribution < -0.4 is 5.73 Å². The van der Waals surface area contributed by atoms with Crippen LogP contribution in [0.4, 0.5) is 4.39 Å². The van der Waals surface area contributed by atoms with E-state index < -0.39 is 0 Å². The van der Waals surface area contributed by atoms with Crippen LogP contribution in [0.25, 0.3) is 0 Å². The number of hydrogen-bond donors (Lipinski definition) is 1. The fourth-order valence-corrected chi connectivity index (χ4v) is 3.31.